The molecular weight excluding hydrogens is 314 g/mol. The summed E-state index contributed by atoms with van der Waals surface area (Å²) in [4.78, 5) is 13.0. The van der Waals surface area contributed by atoms with Crippen LogP contribution in [0.2, 0.25) is 0 Å². The minimum Gasteiger partial charge on any atom is -0.478 e. The van der Waals surface area contributed by atoms with E-state index in [1.165, 1.54) is 0 Å². The van der Waals surface area contributed by atoms with Gasteiger partial charge in [-0.3, -0.25) is 0 Å². The molecule has 0 unspecified atom stereocenters. The first-order chi connectivity index (χ1) is 8.56. The Morgan fingerprint density at radius 1 is 1.44 bits per heavy atom. The van der Waals surface area contributed by atoms with E-state index in [2.05, 4.69) is 20.8 Å². The minimum atomic E-state index is -0.890. The van der Waals surface area contributed by atoms with Crippen molar-refractivity contribution < 1.29 is 9.90 Å². The van der Waals surface area contributed by atoms with Crippen LogP contribution < -0.4 is 4.90 Å². The van der Waals surface area contributed by atoms with E-state index in [9.17, 15) is 4.79 Å². The third-order valence-corrected chi connectivity index (χ3v) is 4.33. The Bertz CT molecular complexity index is 568. The zero-order chi connectivity index (χ0) is 13.1. The normalized spacial score (nSPS) is 10.3. The highest BCUT2D eigenvalue weighted by Gasteiger charge is 2.07. The van der Waals surface area contributed by atoms with Crippen LogP contribution in [0.3, 0.4) is 0 Å². The second kappa shape index (κ2) is 5.54. The van der Waals surface area contributed by atoms with Crippen molar-refractivity contribution in [1.82, 2.24) is 0 Å². The highest BCUT2D eigenvalue weighted by atomic mass is 79.9. The summed E-state index contributed by atoms with van der Waals surface area (Å²) in [5, 5.41) is 12.1. The van der Waals surface area contributed by atoms with E-state index in [1.54, 1.807) is 29.5 Å². The molecular formula is C13H12BrNO2S. The molecule has 1 aromatic heterocycles. The highest BCUT2D eigenvalue weighted by Crippen LogP contribution is 2.28. The number of hydrogen-bond donors (Lipinski definition) is 1. The molecule has 18 heavy (non-hydrogen) atoms. The molecule has 0 radical (unpaired) electrons. The van der Waals surface area contributed by atoms with Crippen molar-refractivity contribution in [2.75, 3.05) is 11.9 Å². The molecule has 2 aromatic rings. The summed E-state index contributed by atoms with van der Waals surface area (Å²) in [5.74, 6) is -0.890. The smallest absolute Gasteiger partial charge is 0.335 e. The van der Waals surface area contributed by atoms with Crippen LogP contribution >= 0.6 is 27.3 Å². The van der Waals surface area contributed by atoms with Crippen molar-refractivity contribution in [3.8, 4) is 0 Å². The quantitative estimate of drug-likeness (QED) is 0.928. The molecule has 0 bridgehead atoms. The van der Waals surface area contributed by atoms with Crippen LogP contribution in [0.15, 0.2) is 40.2 Å². The molecule has 3 nitrogen and oxygen atoms in total. The lowest BCUT2D eigenvalue weighted by Gasteiger charge is -2.17. The van der Waals surface area contributed by atoms with Gasteiger partial charge in [-0.15, -0.1) is 11.3 Å². The van der Waals surface area contributed by atoms with Crippen molar-refractivity contribution >= 4 is 38.2 Å². The van der Waals surface area contributed by atoms with E-state index in [-0.39, 0.29) is 0 Å². The fraction of sp³-hybridized carbons (Fsp3) is 0.154. The van der Waals surface area contributed by atoms with Crippen molar-refractivity contribution in [3.05, 3.63) is 51.3 Å². The minimum absolute atomic E-state index is 0.327. The zero-order valence-corrected chi connectivity index (χ0v) is 12.2. The van der Waals surface area contributed by atoms with Gasteiger partial charge in [0.05, 0.1) is 10.6 Å². The Morgan fingerprint density at radius 3 is 2.83 bits per heavy atom. The van der Waals surface area contributed by atoms with E-state index in [0.29, 0.717) is 12.1 Å². The molecule has 0 saturated carbocycles. The largest absolute Gasteiger partial charge is 0.478 e. The number of benzene rings is 1. The SMILES string of the molecule is CN(Cc1cccc(C(=O)O)c1)c1cc(Br)cs1. The fourth-order valence-electron chi connectivity index (χ4n) is 1.66. The Labute approximate surface area is 118 Å². The van der Waals surface area contributed by atoms with Crippen molar-refractivity contribution in [1.29, 1.82) is 0 Å². The summed E-state index contributed by atoms with van der Waals surface area (Å²) in [6.45, 7) is 0.689. The summed E-state index contributed by atoms with van der Waals surface area (Å²) in [6.07, 6.45) is 0. The average Bonchev–Trinajstić information content (AvgIpc) is 2.76. The Balaban J connectivity index is 2.14. The van der Waals surface area contributed by atoms with Gasteiger partial charge in [-0.2, -0.15) is 0 Å². The first-order valence-electron chi connectivity index (χ1n) is 5.33. The number of carboxylic acids is 1. The number of hydrogen-bond acceptors (Lipinski definition) is 3. The van der Waals surface area contributed by atoms with Crippen LogP contribution in [0.4, 0.5) is 5.00 Å². The third-order valence-electron chi connectivity index (χ3n) is 2.52. The topological polar surface area (TPSA) is 40.5 Å². The van der Waals surface area contributed by atoms with E-state index in [1.807, 2.05) is 24.6 Å². The molecule has 1 heterocycles. The van der Waals surface area contributed by atoms with Gasteiger partial charge in [0.1, 0.15) is 0 Å². The van der Waals surface area contributed by atoms with Gasteiger partial charge in [0, 0.05) is 23.4 Å². The van der Waals surface area contributed by atoms with Gasteiger partial charge >= 0.3 is 5.97 Å². The van der Waals surface area contributed by atoms with Crippen LogP contribution in [0.1, 0.15) is 15.9 Å². The Morgan fingerprint density at radius 2 is 2.22 bits per heavy atom. The van der Waals surface area contributed by atoms with Gasteiger partial charge in [0.15, 0.2) is 0 Å². The number of nitrogens with zero attached hydrogens (tertiary/aromatic N) is 1. The number of anilines is 1. The monoisotopic (exact) mass is 325 g/mol. The molecule has 1 aromatic carbocycles. The highest BCUT2D eigenvalue weighted by molar-refractivity contribution is 9.10. The van der Waals surface area contributed by atoms with Crippen molar-refractivity contribution in [2.45, 2.75) is 6.54 Å². The molecule has 0 aliphatic carbocycles. The zero-order valence-electron chi connectivity index (χ0n) is 9.76. The predicted octanol–water partition coefficient (Wildman–Crippen LogP) is 3.85. The van der Waals surface area contributed by atoms with Gasteiger partial charge in [-0.1, -0.05) is 12.1 Å². The van der Waals surface area contributed by atoms with Crippen LogP contribution in [0.5, 0.6) is 0 Å². The second-order valence-electron chi connectivity index (χ2n) is 3.96. The average molecular weight is 326 g/mol. The number of carbonyl (C=O) groups is 1. The second-order valence-corrected chi connectivity index (χ2v) is 5.77. The lowest BCUT2D eigenvalue weighted by atomic mass is 10.1. The van der Waals surface area contributed by atoms with Gasteiger partial charge < -0.3 is 10.0 Å². The molecule has 0 aliphatic heterocycles. The summed E-state index contributed by atoms with van der Waals surface area (Å²) >= 11 is 5.07. The maximum Gasteiger partial charge on any atom is 0.335 e. The standard InChI is InChI=1S/C13H12BrNO2S/c1-15(12-6-11(14)8-18-12)7-9-3-2-4-10(5-9)13(16)17/h2-6,8H,7H2,1H3,(H,16,17). The Hall–Kier alpha value is -1.33. The van der Waals surface area contributed by atoms with Crippen LogP contribution in [-0.2, 0) is 6.54 Å². The fourth-order valence-corrected chi connectivity index (χ4v) is 3.05. The molecule has 2 rings (SSSR count). The van der Waals surface area contributed by atoms with Gasteiger partial charge in [-0.05, 0) is 39.7 Å². The Kier molecular flexibility index (Phi) is 4.04. The molecule has 0 aliphatic rings. The summed E-state index contributed by atoms with van der Waals surface area (Å²) in [6, 6.07) is 9.07. The van der Waals surface area contributed by atoms with Crippen LogP contribution in [-0.4, -0.2) is 18.1 Å². The van der Waals surface area contributed by atoms with Gasteiger partial charge in [-0.25, -0.2) is 4.79 Å². The molecule has 94 valence electrons. The van der Waals surface area contributed by atoms with E-state index in [4.69, 9.17) is 5.11 Å². The maximum absolute atomic E-state index is 10.9. The molecule has 0 amide bonds. The first-order valence-corrected chi connectivity index (χ1v) is 7.01. The molecule has 0 spiro atoms. The number of carboxylic acid groups (broad SMARTS) is 1. The summed E-state index contributed by atoms with van der Waals surface area (Å²) in [7, 11) is 1.99. The molecule has 0 saturated heterocycles. The maximum atomic E-state index is 10.9. The number of rotatable bonds is 4. The van der Waals surface area contributed by atoms with Gasteiger partial charge in [0.2, 0.25) is 0 Å². The number of thiophene rings is 1. The van der Waals surface area contributed by atoms with E-state index >= 15 is 0 Å². The molecule has 0 fully saturated rings. The number of halogens is 1. The van der Waals surface area contributed by atoms with Crippen LogP contribution in [0.25, 0.3) is 0 Å². The van der Waals surface area contributed by atoms with Crippen LogP contribution in [0, 0.1) is 0 Å². The summed E-state index contributed by atoms with van der Waals surface area (Å²) in [5.41, 5.74) is 1.31. The van der Waals surface area contributed by atoms with Gasteiger partial charge in [0.25, 0.3) is 0 Å². The molecule has 5 heteroatoms. The number of aromatic carboxylic acids is 1. The first kappa shape index (κ1) is 13.1. The lowest BCUT2D eigenvalue weighted by Crippen LogP contribution is -2.15. The molecule has 0 atom stereocenters. The van der Waals surface area contributed by atoms with E-state index in [0.717, 1.165) is 15.0 Å². The third kappa shape index (κ3) is 3.11. The van der Waals surface area contributed by atoms with E-state index < -0.39 is 5.97 Å². The van der Waals surface area contributed by atoms with Crippen molar-refractivity contribution in [2.24, 2.45) is 0 Å². The summed E-state index contributed by atoms with van der Waals surface area (Å²) < 4.78 is 1.06. The molecule has 1 N–H and O–H groups in total. The predicted molar refractivity (Wildman–Crippen MR) is 77.5 cm³/mol. The lowest BCUT2D eigenvalue weighted by molar-refractivity contribution is 0.0697. The van der Waals surface area contributed by atoms with Crippen molar-refractivity contribution in [3.63, 3.8) is 0 Å².